The van der Waals surface area contributed by atoms with E-state index in [0.717, 1.165) is 49.3 Å². The number of rotatable bonds is 5. The van der Waals surface area contributed by atoms with E-state index in [0.29, 0.717) is 17.5 Å². The van der Waals surface area contributed by atoms with Crippen LogP contribution in [0.15, 0.2) is 158 Å². The lowest BCUT2D eigenvalue weighted by Crippen LogP contribution is -2.00. The van der Waals surface area contributed by atoms with Gasteiger partial charge in [0.2, 0.25) is 0 Å². The minimum atomic E-state index is 0.660. The number of thiazole rings is 1. The molecule has 0 fully saturated rings. The van der Waals surface area contributed by atoms with Crippen LogP contribution in [0.5, 0.6) is 0 Å². The number of hydrogen-bond donors (Lipinski definition) is 0. The van der Waals surface area contributed by atoms with Crippen LogP contribution in [0.2, 0.25) is 0 Å². The molecule has 0 aliphatic rings. The highest BCUT2D eigenvalue weighted by Crippen LogP contribution is 2.43. The zero-order valence-corrected chi connectivity index (χ0v) is 30.5. The van der Waals surface area contributed by atoms with Crippen molar-refractivity contribution in [2.45, 2.75) is 0 Å². The van der Waals surface area contributed by atoms with Crippen molar-refractivity contribution in [1.29, 1.82) is 0 Å². The van der Waals surface area contributed by atoms with Crippen molar-refractivity contribution in [2.75, 3.05) is 0 Å². The average molecular weight is 731 g/mol. The highest BCUT2D eigenvalue weighted by atomic mass is 32.1. The zero-order valence-electron chi connectivity index (χ0n) is 28.0. The summed E-state index contributed by atoms with van der Waals surface area (Å²) in [6, 6.07) is 55.6. The maximum Gasteiger partial charge on any atom is 0.165 e. The fourth-order valence-corrected chi connectivity index (χ4v) is 10.6. The van der Waals surface area contributed by atoms with Crippen molar-refractivity contribution >= 4 is 84.6 Å². The molecule has 0 aliphatic carbocycles. The molecule has 4 heterocycles. The number of hydrogen-bond acceptors (Lipinski definition) is 7. The second-order valence-corrected chi connectivity index (χ2v) is 16.2. The van der Waals surface area contributed by atoms with E-state index in [2.05, 4.69) is 133 Å². The topological polar surface area (TPSA) is 51.6 Å². The maximum atomic E-state index is 5.28. The number of para-hydroxylation sites is 1. The Hall–Kier alpha value is -6.12. The van der Waals surface area contributed by atoms with Gasteiger partial charge in [0.15, 0.2) is 17.5 Å². The molecule has 0 spiro atoms. The van der Waals surface area contributed by atoms with Crippen molar-refractivity contribution in [3.05, 3.63) is 158 Å². The van der Waals surface area contributed by atoms with Gasteiger partial charge in [-0.15, -0.1) is 34.0 Å². The van der Waals surface area contributed by atoms with E-state index in [1.54, 1.807) is 34.0 Å². The molecule has 248 valence electrons. The molecule has 0 unspecified atom stereocenters. The first-order chi connectivity index (χ1) is 26.2. The lowest BCUT2D eigenvalue weighted by atomic mass is 9.99. The highest BCUT2D eigenvalue weighted by molar-refractivity contribution is 7.26. The molecule has 7 heteroatoms. The third kappa shape index (κ3) is 5.16. The van der Waals surface area contributed by atoms with Crippen LogP contribution in [-0.2, 0) is 0 Å². The molecule has 0 bridgehead atoms. The van der Waals surface area contributed by atoms with E-state index in [1.165, 1.54) is 39.7 Å². The van der Waals surface area contributed by atoms with Crippen molar-refractivity contribution < 1.29 is 0 Å². The third-order valence-corrected chi connectivity index (χ3v) is 13.2. The molecule has 4 nitrogen and oxygen atoms in total. The minimum absolute atomic E-state index is 0.660. The molecular weight excluding hydrogens is 705 g/mol. The first-order valence-corrected chi connectivity index (χ1v) is 19.8. The van der Waals surface area contributed by atoms with E-state index >= 15 is 0 Å². The summed E-state index contributed by atoms with van der Waals surface area (Å²) in [6.07, 6.45) is 0. The van der Waals surface area contributed by atoms with Gasteiger partial charge in [0, 0.05) is 62.6 Å². The van der Waals surface area contributed by atoms with Gasteiger partial charge in [-0.05, 0) is 59.7 Å². The highest BCUT2D eigenvalue weighted by Gasteiger charge is 2.19. The Bertz CT molecular complexity index is 3160. The molecule has 11 rings (SSSR count). The Balaban J connectivity index is 1.10. The molecule has 53 heavy (non-hydrogen) atoms. The van der Waals surface area contributed by atoms with Crippen LogP contribution in [0.4, 0.5) is 0 Å². The van der Waals surface area contributed by atoms with E-state index in [-0.39, 0.29) is 0 Å². The van der Waals surface area contributed by atoms with Gasteiger partial charge in [-0.25, -0.2) is 19.9 Å². The van der Waals surface area contributed by atoms with Crippen LogP contribution in [0, 0.1) is 0 Å². The van der Waals surface area contributed by atoms with Crippen LogP contribution in [0.25, 0.3) is 106 Å². The van der Waals surface area contributed by atoms with E-state index in [1.807, 2.05) is 24.3 Å². The van der Waals surface area contributed by atoms with Gasteiger partial charge < -0.3 is 0 Å². The Kier molecular flexibility index (Phi) is 7.05. The SMILES string of the molecule is c1ccc(-c2nc(-c3cccc4c3sc3ccccc34)nc(-c3cccc4sc5ccc(-c6cccc(-c7nc8ccccc8s7)c6)cc5c34)n2)cc1. The Morgan fingerprint density at radius 3 is 1.89 bits per heavy atom. The summed E-state index contributed by atoms with van der Waals surface area (Å²) < 4.78 is 6.06. The zero-order chi connectivity index (χ0) is 34.9. The smallest absolute Gasteiger partial charge is 0.165 e. The number of fused-ring (bicyclic) bond motifs is 7. The lowest BCUT2D eigenvalue weighted by molar-refractivity contribution is 1.08. The molecule has 0 radical (unpaired) electrons. The second kappa shape index (κ2) is 12.2. The van der Waals surface area contributed by atoms with Gasteiger partial charge in [0.05, 0.1) is 10.2 Å². The molecule has 0 N–H and O–H groups in total. The van der Waals surface area contributed by atoms with Crippen LogP contribution < -0.4 is 0 Å². The number of benzene rings is 7. The summed E-state index contributed by atoms with van der Waals surface area (Å²) in [5, 5.41) is 5.86. The quantitative estimate of drug-likeness (QED) is 0.177. The van der Waals surface area contributed by atoms with E-state index < -0.39 is 0 Å². The molecule has 0 atom stereocenters. The monoisotopic (exact) mass is 730 g/mol. The van der Waals surface area contributed by atoms with Crippen LogP contribution in [0.1, 0.15) is 0 Å². The summed E-state index contributed by atoms with van der Waals surface area (Å²) >= 11 is 5.33. The maximum absolute atomic E-state index is 5.28. The normalized spacial score (nSPS) is 11.8. The standard InChI is InChI=1S/C46H26N4S3/c1-2-11-27(12-3-1)43-48-44(50-45(49-43)34-18-9-16-32-31-15-4-6-20-37(31)52-42(32)34)33-17-10-22-40-41(33)35-26-29(23-24-38(35)51-40)28-13-8-14-30(25-28)46-47-36-19-5-7-21-39(36)53-46/h1-26H. The molecule has 0 amide bonds. The third-order valence-electron chi connectivity index (χ3n) is 9.79. The molecule has 0 aliphatic heterocycles. The summed E-state index contributed by atoms with van der Waals surface area (Å²) in [6.45, 7) is 0. The molecule has 11 aromatic rings. The van der Waals surface area contributed by atoms with E-state index in [9.17, 15) is 0 Å². The lowest BCUT2D eigenvalue weighted by Gasteiger charge is -2.10. The Labute approximate surface area is 316 Å². The largest absolute Gasteiger partial charge is 0.236 e. The predicted octanol–water partition coefficient (Wildman–Crippen LogP) is 13.6. The molecule has 0 saturated carbocycles. The van der Waals surface area contributed by atoms with E-state index in [4.69, 9.17) is 19.9 Å². The van der Waals surface area contributed by atoms with Gasteiger partial charge >= 0.3 is 0 Å². The molecular formula is C46H26N4S3. The van der Waals surface area contributed by atoms with Gasteiger partial charge in [0.1, 0.15) is 5.01 Å². The van der Waals surface area contributed by atoms with Crippen LogP contribution >= 0.6 is 34.0 Å². The summed E-state index contributed by atoms with van der Waals surface area (Å²) in [5.74, 6) is 2.00. The van der Waals surface area contributed by atoms with Crippen molar-refractivity contribution in [2.24, 2.45) is 0 Å². The summed E-state index contributed by atoms with van der Waals surface area (Å²) in [4.78, 5) is 20.5. The van der Waals surface area contributed by atoms with Crippen molar-refractivity contribution in [3.63, 3.8) is 0 Å². The van der Waals surface area contributed by atoms with Gasteiger partial charge in [-0.1, -0.05) is 109 Å². The fraction of sp³-hybridized carbons (Fsp3) is 0. The minimum Gasteiger partial charge on any atom is -0.236 e. The first kappa shape index (κ1) is 30.5. The molecule has 4 aromatic heterocycles. The predicted molar refractivity (Wildman–Crippen MR) is 226 cm³/mol. The first-order valence-electron chi connectivity index (χ1n) is 17.4. The number of nitrogens with zero attached hydrogens (tertiary/aromatic N) is 4. The molecule has 7 aromatic carbocycles. The fourth-order valence-electron chi connectivity index (χ4n) is 7.28. The number of aromatic nitrogens is 4. The van der Waals surface area contributed by atoms with Crippen molar-refractivity contribution in [1.82, 2.24) is 19.9 Å². The van der Waals surface area contributed by atoms with Gasteiger partial charge in [0.25, 0.3) is 0 Å². The summed E-state index contributed by atoms with van der Waals surface area (Å²) in [7, 11) is 0. The molecule has 0 saturated heterocycles. The number of thiophene rings is 2. The summed E-state index contributed by atoms with van der Waals surface area (Å²) in [5.41, 5.74) is 7.45. The average Bonchev–Trinajstić information content (AvgIpc) is 3.94. The van der Waals surface area contributed by atoms with Crippen LogP contribution in [0.3, 0.4) is 0 Å². The Morgan fingerprint density at radius 2 is 0.981 bits per heavy atom. The Morgan fingerprint density at radius 1 is 0.340 bits per heavy atom. The van der Waals surface area contributed by atoms with Gasteiger partial charge in [-0.2, -0.15) is 0 Å². The van der Waals surface area contributed by atoms with Crippen LogP contribution in [-0.4, -0.2) is 19.9 Å². The van der Waals surface area contributed by atoms with Crippen molar-refractivity contribution in [3.8, 4) is 55.9 Å². The second-order valence-electron chi connectivity index (χ2n) is 13.0. The van der Waals surface area contributed by atoms with Gasteiger partial charge in [-0.3, -0.25) is 0 Å².